The van der Waals surface area contributed by atoms with E-state index in [2.05, 4.69) is 20.3 Å². The molecule has 0 aliphatic heterocycles. The maximum atomic E-state index is 6.00. The van der Waals surface area contributed by atoms with Gasteiger partial charge in [0.2, 0.25) is 11.9 Å². The predicted molar refractivity (Wildman–Crippen MR) is 58.1 cm³/mol. The fourth-order valence-corrected chi connectivity index (χ4v) is 1.88. The third-order valence-electron chi connectivity index (χ3n) is 2.72. The van der Waals surface area contributed by atoms with Crippen LogP contribution < -0.4 is 16.8 Å². The zero-order valence-corrected chi connectivity index (χ0v) is 8.56. The van der Waals surface area contributed by atoms with Gasteiger partial charge in [0.05, 0.1) is 0 Å². The minimum atomic E-state index is 0.178. The van der Waals surface area contributed by atoms with E-state index in [1.807, 2.05) is 0 Å². The molecule has 1 heterocycles. The SMILES string of the molecule is Nc1ncnc(NC2CCCCC2N)n1. The lowest BCUT2D eigenvalue weighted by Crippen LogP contribution is -2.43. The first kappa shape index (κ1) is 10.1. The van der Waals surface area contributed by atoms with E-state index < -0.39 is 0 Å². The van der Waals surface area contributed by atoms with Crippen LogP contribution in [-0.2, 0) is 0 Å². The topological polar surface area (TPSA) is 103 Å². The summed E-state index contributed by atoms with van der Waals surface area (Å²) in [6.45, 7) is 0. The van der Waals surface area contributed by atoms with E-state index in [0.717, 1.165) is 12.8 Å². The summed E-state index contributed by atoms with van der Waals surface area (Å²) in [5, 5.41) is 3.20. The number of aromatic nitrogens is 3. The molecule has 6 heteroatoms. The molecule has 1 saturated carbocycles. The molecule has 1 aromatic heterocycles. The van der Waals surface area contributed by atoms with Gasteiger partial charge in [-0.1, -0.05) is 12.8 Å². The van der Waals surface area contributed by atoms with Gasteiger partial charge in [0.15, 0.2) is 0 Å². The van der Waals surface area contributed by atoms with Crippen molar-refractivity contribution in [2.24, 2.45) is 5.73 Å². The average molecular weight is 208 g/mol. The number of hydrogen-bond acceptors (Lipinski definition) is 6. The standard InChI is InChI=1S/C9H16N6/c10-6-3-1-2-4-7(6)14-9-13-5-12-8(11)15-9/h5-7H,1-4,10H2,(H3,11,12,13,14,15). The first-order chi connectivity index (χ1) is 7.25. The van der Waals surface area contributed by atoms with E-state index in [4.69, 9.17) is 11.5 Å². The maximum absolute atomic E-state index is 6.00. The summed E-state index contributed by atoms with van der Waals surface area (Å²) >= 11 is 0. The first-order valence-corrected chi connectivity index (χ1v) is 5.22. The van der Waals surface area contributed by atoms with Gasteiger partial charge in [-0.3, -0.25) is 0 Å². The van der Waals surface area contributed by atoms with Gasteiger partial charge >= 0.3 is 0 Å². The second kappa shape index (κ2) is 4.39. The molecule has 0 bridgehead atoms. The quantitative estimate of drug-likeness (QED) is 0.638. The normalized spacial score (nSPS) is 26.2. The van der Waals surface area contributed by atoms with Gasteiger partial charge in [-0.25, -0.2) is 9.97 Å². The highest BCUT2D eigenvalue weighted by Crippen LogP contribution is 2.19. The van der Waals surface area contributed by atoms with Gasteiger partial charge in [-0.2, -0.15) is 4.98 Å². The Morgan fingerprint density at radius 3 is 2.80 bits per heavy atom. The Bertz CT molecular complexity index is 328. The molecule has 0 saturated heterocycles. The van der Waals surface area contributed by atoms with Crippen LogP contribution in [0, 0.1) is 0 Å². The molecular weight excluding hydrogens is 192 g/mol. The lowest BCUT2D eigenvalue weighted by atomic mass is 9.91. The van der Waals surface area contributed by atoms with Gasteiger partial charge in [0, 0.05) is 12.1 Å². The molecular formula is C9H16N6. The predicted octanol–water partition coefficient (Wildman–Crippen LogP) is 0.136. The van der Waals surface area contributed by atoms with E-state index in [1.54, 1.807) is 0 Å². The summed E-state index contributed by atoms with van der Waals surface area (Å²) in [5.41, 5.74) is 11.5. The highest BCUT2D eigenvalue weighted by molar-refractivity contribution is 5.30. The van der Waals surface area contributed by atoms with Crippen molar-refractivity contribution in [3.8, 4) is 0 Å². The van der Waals surface area contributed by atoms with E-state index in [0.29, 0.717) is 5.95 Å². The molecule has 0 amide bonds. The zero-order valence-electron chi connectivity index (χ0n) is 8.56. The third kappa shape index (κ3) is 2.53. The van der Waals surface area contributed by atoms with Gasteiger partial charge in [0.1, 0.15) is 6.33 Å². The second-order valence-corrected chi connectivity index (χ2v) is 3.87. The van der Waals surface area contributed by atoms with Crippen LogP contribution in [0.15, 0.2) is 6.33 Å². The van der Waals surface area contributed by atoms with Crippen molar-refractivity contribution < 1.29 is 0 Å². The average Bonchev–Trinajstić information content (AvgIpc) is 2.22. The van der Waals surface area contributed by atoms with Crippen molar-refractivity contribution in [1.29, 1.82) is 0 Å². The molecule has 2 rings (SSSR count). The Balaban J connectivity index is 2.01. The lowest BCUT2D eigenvalue weighted by Gasteiger charge is -2.29. The largest absolute Gasteiger partial charge is 0.368 e. The minimum absolute atomic E-state index is 0.178. The van der Waals surface area contributed by atoms with Gasteiger partial charge in [-0.15, -0.1) is 0 Å². The summed E-state index contributed by atoms with van der Waals surface area (Å²) in [7, 11) is 0. The molecule has 1 aliphatic carbocycles. The monoisotopic (exact) mass is 208 g/mol. The highest BCUT2D eigenvalue weighted by atomic mass is 15.2. The Kier molecular flexibility index (Phi) is 2.96. The molecule has 1 aliphatic rings. The van der Waals surface area contributed by atoms with Crippen molar-refractivity contribution in [3.63, 3.8) is 0 Å². The Labute approximate surface area is 88.5 Å². The fourth-order valence-electron chi connectivity index (χ4n) is 1.88. The minimum Gasteiger partial charge on any atom is -0.368 e. The van der Waals surface area contributed by atoms with Crippen molar-refractivity contribution in [1.82, 2.24) is 15.0 Å². The number of nitrogens with two attached hydrogens (primary N) is 2. The lowest BCUT2D eigenvalue weighted by molar-refractivity contribution is 0.402. The molecule has 6 nitrogen and oxygen atoms in total. The van der Waals surface area contributed by atoms with Crippen molar-refractivity contribution >= 4 is 11.9 Å². The number of nitrogen functional groups attached to an aromatic ring is 1. The number of nitrogens with zero attached hydrogens (tertiary/aromatic N) is 3. The first-order valence-electron chi connectivity index (χ1n) is 5.22. The number of hydrogen-bond donors (Lipinski definition) is 3. The fraction of sp³-hybridized carbons (Fsp3) is 0.667. The number of rotatable bonds is 2. The van der Waals surface area contributed by atoms with Crippen LogP contribution in [0.5, 0.6) is 0 Å². The summed E-state index contributed by atoms with van der Waals surface area (Å²) in [6.07, 6.45) is 5.93. The Hall–Kier alpha value is -1.43. The smallest absolute Gasteiger partial charge is 0.227 e. The maximum Gasteiger partial charge on any atom is 0.227 e. The van der Waals surface area contributed by atoms with E-state index in [-0.39, 0.29) is 18.0 Å². The van der Waals surface area contributed by atoms with Crippen LogP contribution in [0.3, 0.4) is 0 Å². The van der Waals surface area contributed by atoms with Crippen molar-refractivity contribution in [3.05, 3.63) is 6.33 Å². The summed E-state index contributed by atoms with van der Waals surface area (Å²) in [5.74, 6) is 0.752. The van der Waals surface area contributed by atoms with Crippen LogP contribution in [-0.4, -0.2) is 27.0 Å². The molecule has 15 heavy (non-hydrogen) atoms. The van der Waals surface area contributed by atoms with Crippen molar-refractivity contribution in [2.75, 3.05) is 11.1 Å². The molecule has 0 aromatic carbocycles. The molecule has 0 spiro atoms. The molecule has 82 valence electrons. The zero-order chi connectivity index (χ0) is 10.7. The van der Waals surface area contributed by atoms with E-state index in [9.17, 15) is 0 Å². The van der Waals surface area contributed by atoms with Gasteiger partial charge in [-0.05, 0) is 12.8 Å². The number of anilines is 2. The van der Waals surface area contributed by atoms with Crippen LogP contribution in [0.4, 0.5) is 11.9 Å². The van der Waals surface area contributed by atoms with Crippen LogP contribution >= 0.6 is 0 Å². The molecule has 2 unspecified atom stereocenters. The molecule has 5 N–H and O–H groups in total. The van der Waals surface area contributed by atoms with Crippen LogP contribution in [0.2, 0.25) is 0 Å². The Morgan fingerprint density at radius 1 is 1.27 bits per heavy atom. The molecule has 1 fully saturated rings. The summed E-state index contributed by atoms with van der Waals surface area (Å²) < 4.78 is 0. The van der Waals surface area contributed by atoms with E-state index >= 15 is 0 Å². The summed E-state index contributed by atoms with van der Waals surface area (Å²) in [6, 6.07) is 0.428. The molecule has 1 aromatic rings. The summed E-state index contributed by atoms with van der Waals surface area (Å²) in [4.78, 5) is 11.7. The van der Waals surface area contributed by atoms with E-state index in [1.165, 1.54) is 19.2 Å². The van der Waals surface area contributed by atoms with Gasteiger partial charge in [0.25, 0.3) is 0 Å². The third-order valence-corrected chi connectivity index (χ3v) is 2.72. The highest BCUT2D eigenvalue weighted by Gasteiger charge is 2.22. The van der Waals surface area contributed by atoms with Crippen LogP contribution in [0.1, 0.15) is 25.7 Å². The van der Waals surface area contributed by atoms with Crippen molar-refractivity contribution in [2.45, 2.75) is 37.8 Å². The molecule has 0 radical (unpaired) electrons. The molecule has 2 atom stereocenters. The number of nitrogens with one attached hydrogen (secondary N) is 1. The van der Waals surface area contributed by atoms with Crippen LogP contribution in [0.25, 0.3) is 0 Å². The second-order valence-electron chi connectivity index (χ2n) is 3.87. The van der Waals surface area contributed by atoms with Gasteiger partial charge < -0.3 is 16.8 Å². The Morgan fingerprint density at radius 2 is 2.07 bits per heavy atom.